The molecule has 3 rings (SSSR count). The van der Waals surface area contributed by atoms with Gasteiger partial charge in [0.05, 0.1) is 24.2 Å². The van der Waals surface area contributed by atoms with Crippen LogP contribution in [0.25, 0.3) is 0 Å². The first kappa shape index (κ1) is 16.7. The number of nitriles is 1. The number of benzene rings is 1. The molecule has 7 nitrogen and oxygen atoms in total. The fourth-order valence-electron chi connectivity index (χ4n) is 3.24. The summed E-state index contributed by atoms with van der Waals surface area (Å²) in [6.07, 6.45) is 3.19. The number of piperidine rings is 1. The summed E-state index contributed by atoms with van der Waals surface area (Å²) in [7, 11) is 0. The lowest BCUT2D eigenvalue weighted by atomic mass is 10.1. The number of anilines is 1. The topological polar surface area (TPSA) is 88.6 Å². The summed E-state index contributed by atoms with van der Waals surface area (Å²) in [6, 6.07) is 6.65. The summed E-state index contributed by atoms with van der Waals surface area (Å²) in [4.78, 5) is 12.5. The van der Waals surface area contributed by atoms with Gasteiger partial charge in [0.2, 0.25) is 0 Å². The monoisotopic (exact) mass is 331 g/mol. The van der Waals surface area contributed by atoms with E-state index in [0.29, 0.717) is 5.92 Å². The molecule has 0 bridgehead atoms. The number of nitro groups is 1. The van der Waals surface area contributed by atoms with E-state index >= 15 is 0 Å². The van der Waals surface area contributed by atoms with Gasteiger partial charge in [-0.1, -0.05) is 0 Å². The minimum Gasteiger partial charge on any atom is -0.381 e. The summed E-state index contributed by atoms with van der Waals surface area (Å²) >= 11 is 0. The SMILES string of the molecule is N#Cc1cc(N2CCC(OC[C@@H]3CCOC3)CC2)ccc1[N+](=O)[O-]. The van der Waals surface area contributed by atoms with Crippen LogP contribution in [-0.2, 0) is 9.47 Å². The first-order valence-electron chi connectivity index (χ1n) is 8.30. The van der Waals surface area contributed by atoms with E-state index < -0.39 is 4.92 Å². The molecule has 2 saturated heterocycles. The lowest BCUT2D eigenvalue weighted by Gasteiger charge is -2.34. The second kappa shape index (κ2) is 7.60. The van der Waals surface area contributed by atoms with Crippen molar-refractivity contribution in [3.05, 3.63) is 33.9 Å². The van der Waals surface area contributed by atoms with Crippen molar-refractivity contribution in [2.24, 2.45) is 5.92 Å². The molecule has 0 saturated carbocycles. The van der Waals surface area contributed by atoms with Crippen molar-refractivity contribution in [1.82, 2.24) is 0 Å². The van der Waals surface area contributed by atoms with Crippen molar-refractivity contribution in [3.63, 3.8) is 0 Å². The second-order valence-corrected chi connectivity index (χ2v) is 6.32. The maximum Gasteiger partial charge on any atom is 0.287 e. The lowest BCUT2D eigenvalue weighted by molar-refractivity contribution is -0.385. The highest BCUT2D eigenvalue weighted by Gasteiger charge is 2.24. The zero-order valence-electron chi connectivity index (χ0n) is 13.5. The largest absolute Gasteiger partial charge is 0.381 e. The number of rotatable bonds is 5. The van der Waals surface area contributed by atoms with Crippen LogP contribution in [0.5, 0.6) is 0 Å². The van der Waals surface area contributed by atoms with E-state index in [9.17, 15) is 10.1 Å². The Morgan fingerprint density at radius 1 is 1.38 bits per heavy atom. The van der Waals surface area contributed by atoms with Crippen LogP contribution in [0.2, 0.25) is 0 Å². The molecule has 0 spiro atoms. The van der Waals surface area contributed by atoms with Gasteiger partial charge in [-0.15, -0.1) is 0 Å². The van der Waals surface area contributed by atoms with Crippen LogP contribution in [0, 0.1) is 27.4 Å². The summed E-state index contributed by atoms with van der Waals surface area (Å²) in [5, 5.41) is 20.0. The van der Waals surface area contributed by atoms with Crippen molar-refractivity contribution in [2.45, 2.75) is 25.4 Å². The highest BCUT2D eigenvalue weighted by atomic mass is 16.6. The molecule has 2 aliphatic rings. The molecular formula is C17H21N3O4. The predicted octanol–water partition coefficient (Wildman–Crippen LogP) is 2.49. The van der Waals surface area contributed by atoms with E-state index in [2.05, 4.69) is 4.90 Å². The number of nitrogens with zero attached hydrogens (tertiary/aromatic N) is 3. The van der Waals surface area contributed by atoms with Crippen molar-refractivity contribution in [3.8, 4) is 6.07 Å². The van der Waals surface area contributed by atoms with Gasteiger partial charge in [0.25, 0.3) is 5.69 Å². The quantitative estimate of drug-likeness (QED) is 0.608. The third kappa shape index (κ3) is 3.83. The van der Waals surface area contributed by atoms with E-state index in [1.165, 1.54) is 6.07 Å². The Balaban J connectivity index is 1.54. The van der Waals surface area contributed by atoms with E-state index in [1.54, 1.807) is 12.1 Å². The van der Waals surface area contributed by atoms with Gasteiger partial charge in [-0.2, -0.15) is 5.26 Å². The van der Waals surface area contributed by atoms with E-state index in [1.807, 2.05) is 6.07 Å². The van der Waals surface area contributed by atoms with Gasteiger partial charge < -0.3 is 14.4 Å². The predicted molar refractivity (Wildman–Crippen MR) is 87.9 cm³/mol. The van der Waals surface area contributed by atoms with Crippen molar-refractivity contribution in [1.29, 1.82) is 5.26 Å². The molecule has 1 aromatic rings. The molecule has 0 amide bonds. The highest BCUT2D eigenvalue weighted by Crippen LogP contribution is 2.27. The van der Waals surface area contributed by atoms with Crippen LogP contribution in [0.1, 0.15) is 24.8 Å². The van der Waals surface area contributed by atoms with Crippen LogP contribution in [0.3, 0.4) is 0 Å². The third-order valence-corrected chi connectivity index (χ3v) is 4.70. The van der Waals surface area contributed by atoms with Gasteiger partial charge >= 0.3 is 0 Å². The minimum absolute atomic E-state index is 0.108. The zero-order valence-corrected chi connectivity index (χ0v) is 13.5. The third-order valence-electron chi connectivity index (χ3n) is 4.70. The average molecular weight is 331 g/mol. The van der Waals surface area contributed by atoms with Crippen LogP contribution in [-0.4, -0.2) is 43.9 Å². The number of hydrogen-bond acceptors (Lipinski definition) is 6. The molecule has 1 aromatic carbocycles. The second-order valence-electron chi connectivity index (χ2n) is 6.32. The maximum absolute atomic E-state index is 10.9. The van der Waals surface area contributed by atoms with Crippen molar-refractivity contribution >= 4 is 11.4 Å². The summed E-state index contributed by atoms with van der Waals surface area (Å²) < 4.78 is 11.4. The highest BCUT2D eigenvalue weighted by molar-refractivity contribution is 5.60. The molecule has 2 aliphatic heterocycles. The molecule has 128 valence electrons. The Bertz CT molecular complexity index is 629. The molecule has 0 unspecified atom stereocenters. The first-order valence-corrected chi connectivity index (χ1v) is 8.30. The molecule has 0 aromatic heterocycles. The van der Waals surface area contributed by atoms with Gasteiger partial charge in [0.15, 0.2) is 0 Å². The molecular weight excluding hydrogens is 310 g/mol. The van der Waals surface area contributed by atoms with E-state index in [-0.39, 0.29) is 17.4 Å². The van der Waals surface area contributed by atoms with E-state index in [0.717, 1.165) is 57.9 Å². The maximum atomic E-state index is 10.9. The van der Waals surface area contributed by atoms with Crippen LogP contribution in [0.15, 0.2) is 18.2 Å². The van der Waals surface area contributed by atoms with Crippen molar-refractivity contribution < 1.29 is 14.4 Å². The molecule has 0 radical (unpaired) electrons. The van der Waals surface area contributed by atoms with Gasteiger partial charge in [-0.05, 0) is 31.4 Å². The summed E-state index contributed by atoms with van der Waals surface area (Å²) in [6.45, 7) is 4.07. The number of hydrogen-bond donors (Lipinski definition) is 0. The molecule has 1 atom stereocenters. The Morgan fingerprint density at radius 3 is 2.79 bits per heavy atom. The molecule has 24 heavy (non-hydrogen) atoms. The molecule has 0 aliphatic carbocycles. The standard InChI is InChI=1S/C17H21N3O4/c18-10-14-9-15(1-2-17(14)20(21)22)19-6-3-16(4-7-19)24-12-13-5-8-23-11-13/h1-2,9,13,16H,3-8,11-12H2/t13-/m1/s1. The van der Waals surface area contributed by atoms with Gasteiger partial charge in [-0.3, -0.25) is 10.1 Å². The lowest BCUT2D eigenvalue weighted by Crippen LogP contribution is -2.37. The Hall–Kier alpha value is -2.17. The Kier molecular flexibility index (Phi) is 5.28. The van der Waals surface area contributed by atoms with Gasteiger partial charge in [0, 0.05) is 37.4 Å². The molecule has 0 N–H and O–H groups in total. The van der Waals surface area contributed by atoms with Crippen LogP contribution in [0.4, 0.5) is 11.4 Å². The smallest absolute Gasteiger partial charge is 0.287 e. The number of ether oxygens (including phenoxy) is 2. The fraction of sp³-hybridized carbons (Fsp3) is 0.588. The fourth-order valence-corrected chi connectivity index (χ4v) is 3.24. The summed E-state index contributed by atoms with van der Waals surface area (Å²) in [5.74, 6) is 0.524. The summed E-state index contributed by atoms with van der Waals surface area (Å²) in [5.41, 5.74) is 0.829. The first-order chi connectivity index (χ1) is 11.7. The number of nitro benzene ring substituents is 1. The Labute approximate surface area is 140 Å². The Morgan fingerprint density at radius 2 is 2.17 bits per heavy atom. The zero-order chi connectivity index (χ0) is 16.9. The minimum atomic E-state index is -0.519. The average Bonchev–Trinajstić information content (AvgIpc) is 3.13. The van der Waals surface area contributed by atoms with E-state index in [4.69, 9.17) is 14.7 Å². The van der Waals surface area contributed by atoms with Gasteiger partial charge in [0.1, 0.15) is 11.6 Å². The molecule has 7 heteroatoms. The molecule has 2 heterocycles. The van der Waals surface area contributed by atoms with Crippen molar-refractivity contribution in [2.75, 3.05) is 37.8 Å². The van der Waals surface area contributed by atoms with Crippen LogP contribution < -0.4 is 4.90 Å². The van der Waals surface area contributed by atoms with Crippen LogP contribution >= 0.6 is 0 Å². The normalized spacial score (nSPS) is 21.6. The molecule has 2 fully saturated rings. The van der Waals surface area contributed by atoms with Gasteiger partial charge in [-0.25, -0.2) is 0 Å².